The highest BCUT2D eigenvalue weighted by atomic mass is 14.9. The first-order valence-corrected chi connectivity index (χ1v) is 7.41. The molecule has 0 bridgehead atoms. The van der Waals surface area contributed by atoms with Crippen LogP contribution in [0.2, 0.25) is 0 Å². The lowest BCUT2D eigenvalue weighted by Crippen LogP contribution is -2.25. The topological polar surface area (TPSA) is 24.9 Å². The van der Waals surface area contributed by atoms with Crippen LogP contribution in [0, 0.1) is 5.92 Å². The van der Waals surface area contributed by atoms with Crippen molar-refractivity contribution in [1.29, 1.82) is 0 Å². The highest BCUT2D eigenvalue weighted by Gasteiger charge is 2.14. The largest absolute Gasteiger partial charge is 0.306 e. The van der Waals surface area contributed by atoms with Crippen LogP contribution in [0.5, 0.6) is 0 Å². The van der Waals surface area contributed by atoms with Crippen molar-refractivity contribution in [2.75, 3.05) is 0 Å². The van der Waals surface area contributed by atoms with Gasteiger partial charge in [-0.2, -0.15) is 0 Å². The Morgan fingerprint density at radius 1 is 1.05 bits per heavy atom. The lowest BCUT2D eigenvalue weighted by atomic mass is 9.94. The number of nitrogens with one attached hydrogen (secondary N) is 1. The van der Waals surface area contributed by atoms with Gasteiger partial charge in [-0.15, -0.1) is 0 Å². The van der Waals surface area contributed by atoms with Crippen LogP contribution >= 0.6 is 0 Å². The van der Waals surface area contributed by atoms with Gasteiger partial charge in [0.1, 0.15) is 0 Å². The Labute approximate surface area is 122 Å². The summed E-state index contributed by atoms with van der Waals surface area (Å²) < 4.78 is 0. The summed E-state index contributed by atoms with van der Waals surface area (Å²) in [6.07, 6.45) is 4.83. The maximum atomic E-state index is 4.16. The number of hydrogen-bond donors (Lipinski definition) is 1. The van der Waals surface area contributed by atoms with Crippen LogP contribution in [0.4, 0.5) is 0 Å². The molecule has 2 aromatic rings. The fraction of sp³-hybridized carbons (Fsp3) is 0.389. The quantitative estimate of drug-likeness (QED) is 0.852. The molecule has 0 radical (unpaired) electrons. The number of aromatic nitrogens is 1. The number of rotatable bonds is 6. The molecule has 2 rings (SSSR count). The average Bonchev–Trinajstić information content (AvgIpc) is 2.49. The Hall–Kier alpha value is -1.67. The van der Waals surface area contributed by atoms with E-state index >= 15 is 0 Å². The lowest BCUT2D eigenvalue weighted by molar-refractivity contribution is 0.410. The van der Waals surface area contributed by atoms with Gasteiger partial charge in [-0.05, 0) is 35.1 Å². The van der Waals surface area contributed by atoms with Crippen molar-refractivity contribution < 1.29 is 0 Å². The Balaban J connectivity index is 2.06. The number of nitrogens with zero attached hydrogens (tertiary/aromatic N) is 1. The van der Waals surface area contributed by atoms with E-state index in [-0.39, 0.29) is 0 Å². The van der Waals surface area contributed by atoms with E-state index in [9.17, 15) is 0 Å². The molecule has 1 aromatic carbocycles. The van der Waals surface area contributed by atoms with Crippen LogP contribution in [0.15, 0.2) is 48.8 Å². The minimum atomic E-state index is 0.376. The molecular weight excluding hydrogens is 244 g/mol. The second-order valence-corrected chi connectivity index (χ2v) is 5.56. The first kappa shape index (κ1) is 14.7. The molecule has 0 fully saturated rings. The van der Waals surface area contributed by atoms with Crippen LogP contribution < -0.4 is 5.32 Å². The van der Waals surface area contributed by atoms with Crippen molar-refractivity contribution in [3.8, 4) is 0 Å². The summed E-state index contributed by atoms with van der Waals surface area (Å²) in [6.45, 7) is 7.56. The molecule has 106 valence electrons. The number of aryl methyl sites for hydroxylation is 1. The Morgan fingerprint density at radius 3 is 2.35 bits per heavy atom. The zero-order valence-corrected chi connectivity index (χ0v) is 12.6. The van der Waals surface area contributed by atoms with Gasteiger partial charge >= 0.3 is 0 Å². The van der Waals surface area contributed by atoms with Gasteiger partial charge in [0.25, 0.3) is 0 Å². The van der Waals surface area contributed by atoms with Crippen molar-refractivity contribution in [3.63, 3.8) is 0 Å². The third-order valence-electron chi connectivity index (χ3n) is 3.66. The van der Waals surface area contributed by atoms with Gasteiger partial charge in [0.15, 0.2) is 0 Å². The zero-order chi connectivity index (χ0) is 14.4. The van der Waals surface area contributed by atoms with Crippen molar-refractivity contribution in [2.45, 2.75) is 39.8 Å². The number of benzene rings is 1. The average molecular weight is 268 g/mol. The van der Waals surface area contributed by atoms with Gasteiger partial charge in [0.05, 0.1) is 0 Å². The Kier molecular flexibility index (Phi) is 5.31. The summed E-state index contributed by atoms with van der Waals surface area (Å²) in [6, 6.07) is 13.4. The first-order valence-electron chi connectivity index (χ1n) is 7.41. The van der Waals surface area contributed by atoms with Crippen LogP contribution in [-0.2, 0) is 13.0 Å². The fourth-order valence-corrected chi connectivity index (χ4v) is 2.43. The zero-order valence-electron chi connectivity index (χ0n) is 12.6. The molecule has 20 heavy (non-hydrogen) atoms. The third kappa shape index (κ3) is 3.91. The summed E-state index contributed by atoms with van der Waals surface area (Å²) in [7, 11) is 0. The van der Waals surface area contributed by atoms with E-state index in [1.165, 1.54) is 16.7 Å². The van der Waals surface area contributed by atoms with Crippen molar-refractivity contribution in [2.24, 2.45) is 5.92 Å². The van der Waals surface area contributed by atoms with Crippen LogP contribution in [0.25, 0.3) is 0 Å². The number of pyridine rings is 1. The molecule has 2 nitrogen and oxygen atoms in total. The van der Waals surface area contributed by atoms with E-state index in [2.05, 4.69) is 61.4 Å². The molecule has 1 heterocycles. The van der Waals surface area contributed by atoms with Crippen molar-refractivity contribution in [1.82, 2.24) is 10.3 Å². The molecule has 0 aliphatic carbocycles. The minimum absolute atomic E-state index is 0.376. The maximum absolute atomic E-state index is 4.16. The normalized spacial score (nSPS) is 12.6. The predicted octanol–water partition coefficient (Wildman–Crippen LogP) is 4.13. The van der Waals surface area contributed by atoms with Gasteiger partial charge in [-0.25, -0.2) is 0 Å². The summed E-state index contributed by atoms with van der Waals surface area (Å²) in [5.41, 5.74) is 3.98. The highest BCUT2D eigenvalue weighted by molar-refractivity contribution is 5.25. The fourth-order valence-electron chi connectivity index (χ4n) is 2.43. The van der Waals surface area contributed by atoms with Gasteiger partial charge < -0.3 is 5.32 Å². The number of hydrogen-bond acceptors (Lipinski definition) is 2. The molecule has 0 spiro atoms. The van der Waals surface area contributed by atoms with Crippen LogP contribution in [0.3, 0.4) is 0 Å². The minimum Gasteiger partial charge on any atom is -0.306 e. The first-order chi connectivity index (χ1) is 9.70. The van der Waals surface area contributed by atoms with E-state index in [0.29, 0.717) is 12.0 Å². The second-order valence-electron chi connectivity index (χ2n) is 5.56. The molecule has 1 aromatic heterocycles. The highest BCUT2D eigenvalue weighted by Crippen LogP contribution is 2.22. The molecule has 1 unspecified atom stereocenters. The van der Waals surface area contributed by atoms with Gasteiger partial charge in [0, 0.05) is 25.0 Å². The van der Waals surface area contributed by atoms with E-state index in [1.54, 1.807) is 0 Å². The van der Waals surface area contributed by atoms with Crippen LogP contribution in [-0.4, -0.2) is 4.98 Å². The molecule has 1 N–H and O–H groups in total. The SMILES string of the molecule is CCc1ccc(C(NCc2cccnc2)C(C)C)cc1. The van der Waals surface area contributed by atoms with Crippen molar-refractivity contribution in [3.05, 3.63) is 65.5 Å². The molecule has 0 aliphatic heterocycles. The monoisotopic (exact) mass is 268 g/mol. The van der Waals surface area contributed by atoms with Gasteiger partial charge in [-0.3, -0.25) is 4.98 Å². The Morgan fingerprint density at radius 2 is 1.80 bits per heavy atom. The molecule has 0 saturated carbocycles. The summed E-state index contributed by atoms with van der Waals surface area (Å²) in [5, 5.41) is 3.65. The maximum Gasteiger partial charge on any atom is 0.0346 e. The smallest absolute Gasteiger partial charge is 0.0346 e. The molecule has 0 saturated heterocycles. The molecule has 1 atom stereocenters. The Bertz CT molecular complexity index is 503. The van der Waals surface area contributed by atoms with E-state index < -0.39 is 0 Å². The predicted molar refractivity (Wildman–Crippen MR) is 84.5 cm³/mol. The molecule has 2 heteroatoms. The molecule has 0 aliphatic rings. The van der Waals surface area contributed by atoms with Gasteiger partial charge in [0.2, 0.25) is 0 Å². The summed E-state index contributed by atoms with van der Waals surface area (Å²) in [5.74, 6) is 0.555. The van der Waals surface area contributed by atoms with Crippen molar-refractivity contribution >= 4 is 0 Å². The van der Waals surface area contributed by atoms with Crippen LogP contribution in [0.1, 0.15) is 43.5 Å². The third-order valence-corrected chi connectivity index (χ3v) is 3.66. The second kappa shape index (κ2) is 7.20. The van der Waals surface area contributed by atoms with E-state index in [0.717, 1.165) is 13.0 Å². The standard InChI is InChI=1S/C18H24N2/c1-4-15-7-9-17(10-8-15)18(14(2)3)20-13-16-6-5-11-19-12-16/h5-12,14,18,20H,4,13H2,1-3H3. The summed E-state index contributed by atoms with van der Waals surface area (Å²) in [4.78, 5) is 4.16. The lowest BCUT2D eigenvalue weighted by Gasteiger charge is -2.23. The van der Waals surface area contributed by atoms with E-state index in [1.807, 2.05) is 18.5 Å². The molecule has 0 amide bonds. The molecular formula is C18H24N2. The summed E-state index contributed by atoms with van der Waals surface area (Å²) >= 11 is 0. The van der Waals surface area contributed by atoms with Gasteiger partial charge in [-0.1, -0.05) is 51.1 Å². The van der Waals surface area contributed by atoms with E-state index in [4.69, 9.17) is 0 Å².